The van der Waals surface area contributed by atoms with Crippen molar-refractivity contribution in [3.05, 3.63) is 63.6 Å². The number of amides is 1. The van der Waals surface area contributed by atoms with E-state index in [0.29, 0.717) is 21.6 Å². The third-order valence-electron chi connectivity index (χ3n) is 4.20. The second-order valence-electron chi connectivity index (χ2n) is 6.97. The number of hydrogen-bond acceptors (Lipinski definition) is 3. The number of thioether (sulfide) groups is 1. The molecule has 1 atom stereocenters. The van der Waals surface area contributed by atoms with E-state index in [2.05, 4.69) is 5.32 Å². The molecule has 1 aliphatic rings. The van der Waals surface area contributed by atoms with Gasteiger partial charge >= 0.3 is 0 Å². The van der Waals surface area contributed by atoms with Gasteiger partial charge in [-0.05, 0) is 37.6 Å². The third kappa shape index (κ3) is 4.87. The lowest BCUT2D eigenvalue weighted by atomic mass is 9.90. The number of nitrogens with one attached hydrogen (secondary N) is 1. The number of carbonyl (C=O) groups is 1. The number of benzene rings is 2. The van der Waals surface area contributed by atoms with Crippen LogP contribution in [0.25, 0.3) is 0 Å². The summed E-state index contributed by atoms with van der Waals surface area (Å²) < 4.78 is 6.01. The zero-order valence-electron chi connectivity index (χ0n) is 14.7. The van der Waals surface area contributed by atoms with Crippen LogP contribution in [0.3, 0.4) is 0 Å². The third-order valence-corrected chi connectivity index (χ3v) is 5.94. The van der Waals surface area contributed by atoms with Crippen LogP contribution >= 0.6 is 35.0 Å². The summed E-state index contributed by atoms with van der Waals surface area (Å²) in [6.45, 7) is 4.09. The lowest BCUT2D eigenvalue weighted by Crippen LogP contribution is -2.41. The van der Waals surface area contributed by atoms with Gasteiger partial charge in [-0.3, -0.25) is 4.79 Å². The van der Waals surface area contributed by atoms with E-state index >= 15 is 0 Å². The number of fused-ring (bicyclic) bond motifs is 1. The fraction of sp³-hybridized carbons (Fsp3) is 0.350. The van der Waals surface area contributed by atoms with Gasteiger partial charge in [-0.1, -0.05) is 47.5 Å². The minimum Gasteiger partial charge on any atom is -0.487 e. The highest BCUT2D eigenvalue weighted by atomic mass is 35.5. The molecular weight excluding hydrogens is 389 g/mol. The molecular formula is C20H21Cl2NO2S. The molecule has 0 unspecified atom stereocenters. The summed E-state index contributed by atoms with van der Waals surface area (Å²) in [6, 6.07) is 13.4. The van der Waals surface area contributed by atoms with Gasteiger partial charge in [-0.15, -0.1) is 11.8 Å². The molecule has 0 radical (unpaired) electrons. The smallest absolute Gasteiger partial charge is 0.230 e. The number of hydrogen-bond donors (Lipinski definition) is 1. The zero-order chi connectivity index (χ0) is 18.7. The standard InChI is InChI=1S/C20H21Cl2NO2S/c1-20(2)10-17(14-5-3-4-6-18(14)25-20)23-19(24)12-26-11-13-7-8-15(21)16(22)9-13/h3-9,17H,10-12H2,1-2H3,(H,23,24)/t17-/m1/s1. The van der Waals surface area contributed by atoms with Gasteiger partial charge in [-0.2, -0.15) is 0 Å². The van der Waals surface area contributed by atoms with Gasteiger partial charge in [-0.25, -0.2) is 0 Å². The van der Waals surface area contributed by atoms with Crippen molar-refractivity contribution in [2.75, 3.05) is 5.75 Å². The van der Waals surface area contributed by atoms with Gasteiger partial charge in [0.2, 0.25) is 5.91 Å². The Morgan fingerprint density at radius 3 is 2.77 bits per heavy atom. The van der Waals surface area contributed by atoms with E-state index in [1.807, 2.05) is 50.2 Å². The van der Waals surface area contributed by atoms with Crippen molar-refractivity contribution >= 4 is 40.9 Å². The minimum absolute atomic E-state index is 0.0209. The van der Waals surface area contributed by atoms with Crippen molar-refractivity contribution in [1.82, 2.24) is 5.32 Å². The van der Waals surface area contributed by atoms with E-state index in [1.54, 1.807) is 17.8 Å². The van der Waals surface area contributed by atoms with Gasteiger partial charge < -0.3 is 10.1 Å². The van der Waals surface area contributed by atoms with Crippen LogP contribution in [0.15, 0.2) is 42.5 Å². The van der Waals surface area contributed by atoms with Gasteiger partial charge in [0.25, 0.3) is 0 Å². The molecule has 138 valence electrons. The Kier molecular flexibility index (Phi) is 6.06. The molecule has 0 fully saturated rings. The molecule has 0 aromatic heterocycles. The van der Waals surface area contributed by atoms with Crippen LogP contribution in [0.1, 0.15) is 37.4 Å². The summed E-state index contributed by atoms with van der Waals surface area (Å²) in [4.78, 5) is 12.4. The zero-order valence-corrected chi connectivity index (χ0v) is 17.0. The summed E-state index contributed by atoms with van der Waals surface area (Å²) in [7, 11) is 0. The Hall–Kier alpha value is -1.36. The van der Waals surface area contributed by atoms with Crippen LogP contribution in [0.5, 0.6) is 5.75 Å². The topological polar surface area (TPSA) is 38.3 Å². The highest BCUT2D eigenvalue weighted by molar-refractivity contribution is 7.99. The van der Waals surface area contributed by atoms with E-state index in [0.717, 1.165) is 23.3 Å². The molecule has 1 amide bonds. The minimum atomic E-state index is -0.306. The molecule has 0 aliphatic carbocycles. The average Bonchev–Trinajstić information content (AvgIpc) is 2.57. The lowest BCUT2D eigenvalue weighted by molar-refractivity contribution is -0.119. The Labute approximate surface area is 168 Å². The molecule has 26 heavy (non-hydrogen) atoms. The number of halogens is 2. The molecule has 0 spiro atoms. The monoisotopic (exact) mass is 409 g/mol. The average molecular weight is 410 g/mol. The quantitative estimate of drug-likeness (QED) is 0.693. The van der Waals surface area contributed by atoms with Crippen LogP contribution < -0.4 is 10.1 Å². The van der Waals surface area contributed by atoms with Crippen LogP contribution in [0.2, 0.25) is 10.0 Å². The van der Waals surface area contributed by atoms with Crippen LogP contribution in [-0.4, -0.2) is 17.3 Å². The summed E-state index contributed by atoms with van der Waals surface area (Å²) in [5, 5.41) is 4.23. The fourth-order valence-corrected chi connectivity index (χ4v) is 4.16. The fourth-order valence-electron chi connectivity index (χ4n) is 3.06. The van der Waals surface area contributed by atoms with E-state index in [1.165, 1.54) is 0 Å². The van der Waals surface area contributed by atoms with Crippen LogP contribution in [0.4, 0.5) is 0 Å². The number of ether oxygens (including phenoxy) is 1. The van der Waals surface area contributed by atoms with Crippen molar-refractivity contribution in [2.45, 2.75) is 37.7 Å². The summed E-state index contributed by atoms with van der Waals surface area (Å²) in [5.41, 5.74) is 1.78. The number of carbonyl (C=O) groups excluding carboxylic acids is 1. The molecule has 0 saturated heterocycles. The molecule has 2 aromatic rings. The van der Waals surface area contributed by atoms with Crippen LogP contribution in [0, 0.1) is 0 Å². The van der Waals surface area contributed by atoms with Gasteiger partial charge in [0.05, 0.1) is 21.8 Å². The Bertz CT molecular complexity index is 810. The molecule has 1 aliphatic heterocycles. The van der Waals surface area contributed by atoms with Crippen LogP contribution in [-0.2, 0) is 10.5 Å². The first-order valence-electron chi connectivity index (χ1n) is 8.43. The van der Waals surface area contributed by atoms with Crippen molar-refractivity contribution in [1.29, 1.82) is 0 Å². The van der Waals surface area contributed by atoms with Crippen molar-refractivity contribution < 1.29 is 9.53 Å². The van der Waals surface area contributed by atoms with E-state index in [9.17, 15) is 4.79 Å². The Morgan fingerprint density at radius 1 is 1.23 bits per heavy atom. The predicted octanol–water partition coefficient (Wildman–Crippen LogP) is 5.65. The van der Waals surface area contributed by atoms with Gasteiger partial charge in [0, 0.05) is 17.7 Å². The second-order valence-corrected chi connectivity index (χ2v) is 8.77. The second kappa shape index (κ2) is 8.12. The highest BCUT2D eigenvalue weighted by Crippen LogP contribution is 2.39. The molecule has 3 nitrogen and oxygen atoms in total. The summed E-state index contributed by atoms with van der Waals surface area (Å²) in [6.07, 6.45) is 0.743. The largest absolute Gasteiger partial charge is 0.487 e. The van der Waals surface area contributed by atoms with E-state index < -0.39 is 0 Å². The number of para-hydroxylation sites is 1. The first-order chi connectivity index (χ1) is 12.3. The molecule has 1 heterocycles. The Balaban J connectivity index is 1.57. The van der Waals surface area contributed by atoms with Crippen molar-refractivity contribution in [2.24, 2.45) is 0 Å². The molecule has 1 N–H and O–H groups in total. The highest BCUT2D eigenvalue weighted by Gasteiger charge is 2.34. The number of rotatable bonds is 5. The normalized spacial score (nSPS) is 17.9. The maximum absolute atomic E-state index is 12.4. The lowest BCUT2D eigenvalue weighted by Gasteiger charge is -2.37. The predicted molar refractivity (Wildman–Crippen MR) is 109 cm³/mol. The summed E-state index contributed by atoms with van der Waals surface area (Å²) >= 11 is 13.5. The maximum atomic E-state index is 12.4. The van der Waals surface area contributed by atoms with Crippen molar-refractivity contribution in [3.8, 4) is 5.75 Å². The van der Waals surface area contributed by atoms with E-state index in [4.69, 9.17) is 27.9 Å². The maximum Gasteiger partial charge on any atom is 0.230 e. The van der Waals surface area contributed by atoms with Gasteiger partial charge in [0.15, 0.2) is 0 Å². The molecule has 6 heteroatoms. The van der Waals surface area contributed by atoms with E-state index in [-0.39, 0.29) is 17.6 Å². The molecule has 0 saturated carbocycles. The molecule has 2 aromatic carbocycles. The molecule has 0 bridgehead atoms. The molecule has 3 rings (SSSR count). The first-order valence-corrected chi connectivity index (χ1v) is 10.3. The summed E-state index contributed by atoms with van der Waals surface area (Å²) in [5.74, 6) is 1.96. The first kappa shape index (κ1) is 19.4. The van der Waals surface area contributed by atoms with Crippen molar-refractivity contribution in [3.63, 3.8) is 0 Å². The SMILES string of the molecule is CC1(C)C[C@@H](NC(=O)CSCc2ccc(Cl)c(Cl)c2)c2ccccc2O1. The van der Waals surface area contributed by atoms with Gasteiger partial charge in [0.1, 0.15) is 11.4 Å². The Morgan fingerprint density at radius 2 is 2.00 bits per heavy atom.